The molecule has 1 aliphatic rings. The van der Waals surface area contributed by atoms with Gasteiger partial charge in [0.2, 0.25) is 5.91 Å². The van der Waals surface area contributed by atoms with Crippen LogP contribution in [0.1, 0.15) is 16.1 Å². The Balaban J connectivity index is 1.43. The van der Waals surface area contributed by atoms with E-state index in [2.05, 4.69) is 4.98 Å². The molecule has 2 aromatic heterocycles. The van der Waals surface area contributed by atoms with Crippen LogP contribution in [0.15, 0.2) is 57.9 Å². The molecule has 1 N–H and O–H groups in total. The van der Waals surface area contributed by atoms with Gasteiger partial charge in [0.1, 0.15) is 11.1 Å². The number of hydrogen-bond acceptors (Lipinski definition) is 4. The van der Waals surface area contributed by atoms with Crippen LogP contribution in [-0.2, 0) is 11.2 Å². The van der Waals surface area contributed by atoms with Gasteiger partial charge in [0, 0.05) is 43.5 Å². The lowest BCUT2D eigenvalue weighted by Crippen LogP contribution is -2.51. The third kappa shape index (κ3) is 3.48. The zero-order valence-corrected chi connectivity index (χ0v) is 14.7. The Kier molecular flexibility index (Phi) is 4.50. The van der Waals surface area contributed by atoms with Crippen LogP contribution in [0.4, 0.5) is 0 Å². The predicted molar refractivity (Wildman–Crippen MR) is 99.5 cm³/mol. The van der Waals surface area contributed by atoms with E-state index in [0.29, 0.717) is 43.6 Å². The molecule has 1 fully saturated rings. The summed E-state index contributed by atoms with van der Waals surface area (Å²) in [5.41, 5.74) is 0.717. The lowest BCUT2D eigenvalue weighted by molar-refractivity contribution is -0.132. The van der Waals surface area contributed by atoms with Gasteiger partial charge in [-0.2, -0.15) is 0 Å². The molecule has 1 aromatic carbocycles. The molecule has 7 heteroatoms. The fourth-order valence-electron chi connectivity index (χ4n) is 3.29. The highest BCUT2D eigenvalue weighted by Gasteiger charge is 2.27. The number of aromatic amines is 1. The third-order valence-corrected chi connectivity index (χ3v) is 4.80. The first-order chi connectivity index (χ1) is 13.1. The second kappa shape index (κ2) is 7.11. The number of benzene rings is 1. The minimum atomic E-state index is -0.635. The van der Waals surface area contributed by atoms with Gasteiger partial charge in [-0.15, -0.1) is 0 Å². The zero-order chi connectivity index (χ0) is 18.8. The van der Waals surface area contributed by atoms with E-state index in [0.717, 1.165) is 5.69 Å². The number of H-pyrrole nitrogens is 1. The Morgan fingerprint density at radius 1 is 1.00 bits per heavy atom. The minimum Gasteiger partial charge on any atom is -0.422 e. The fraction of sp³-hybridized carbons (Fsp3) is 0.250. The molecule has 0 atom stereocenters. The van der Waals surface area contributed by atoms with Gasteiger partial charge in [0.25, 0.3) is 5.91 Å². The molecule has 0 saturated carbocycles. The van der Waals surface area contributed by atoms with Gasteiger partial charge in [-0.3, -0.25) is 9.59 Å². The van der Waals surface area contributed by atoms with Crippen LogP contribution in [0.3, 0.4) is 0 Å². The number of nitrogens with one attached hydrogen (secondary N) is 1. The summed E-state index contributed by atoms with van der Waals surface area (Å²) >= 11 is 0. The Bertz CT molecular complexity index is 1030. The Labute approximate surface area is 155 Å². The van der Waals surface area contributed by atoms with Crippen LogP contribution >= 0.6 is 0 Å². The molecule has 0 spiro atoms. The lowest BCUT2D eigenvalue weighted by Gasteiger charge is -2.34. The van der Waals surface area contributed by atoms with Gasteiger partial charge in [-0.25, -0.2) is 4.79 Å². The molecule has 0 unspecified atom stereocenters. The predicted octanol–water partition coefficient (Wildman–Crippen LogP) is 1.65. The second-order valence-corrected chi connectivity index (χ2v) is 6.53. The summed E-state index contributed by atoms with van der Waals surface area (Å²) in [6, 6.07) is 12.4. The molecule has 27 heavy (non-hydrogen) atoms. The number of carbonyl (C=O) groups is 2. The lowest BCUT2D eigenvalue weighted by atomic mass is 10.1. The normalized spacial score (nSPS) is 14.5. The summed E-state index contributed by atoms with van der Waals surface area (Å²) < 4.78 is 5.25. The van der Waals surface area contributed by atoms with E-state index >= 15 is 0 Å². The van der Waals surface area contributed by atoms with Crippen LogP contribution in [0, 0.1) is 0 Å². The molecule has 2 amide bonds. The van der Waals surface area contributed by atoms with E-state index < -0.39 is 5.63 Å². The van der Waals surface area contributed by atoms with Gasteiger partial charge in [0.05, 0.1) is 6.42 Å². The molecule has 1 aliphatic heterocycles. The van der Waals surface area contributed by atoms with Crippen LogP contribution in [-0.4, -0.2) is 52.8 Å². The van der Waals surface area contributed by atoms with E-state index in [4.69, 9.17) is 4.42 Å². The van der Waals surface area contributed by atoms with Crippen molar-refractivity contribution in [1.29, 1.82) is 0 Å². The highest BCUT2D eigenvalue weighted by atomic mass is 16.4. The molecule has 0 bridgehead atoms. The molecular weight excluding hydrogens is 346 g/mol. The van der Waals surface area contributed by atoms with Gasteiger partial charge in [-0.05, 0) is 24.3 Å². The quantitative estimate of drug-likeness (QED) is 0.715. The third-order valence-electron chi connectivity index (χ3n) is 4.80. The summed E-state index contributed by atoms with van der Waals surface area (Å²) in [6.45, 7) is 1.68. The number of aromatic nitrogens is 1. The van der Waals surface area contributed by atoms with Crippen molar-refractivity contribution < 1.29 is 14.0 Å². The molecule has 1 saturated heterocycles. The van der Waals surface area contributed by atoms with Crippen molar-refractivity contribution in [2.24, 2.45) is 0 Å². The Morgan fingerprint density at radius 2 is 1.74 bits per heavy atom. The van der Waals surface area contributed by atoms with Crippen molar-refractivity contribution >= 4 is 22.8 Å². The number of carbonyl (C=O) groups excluding carboxylic acids is 2. The maximum absolute atomic E-state index is 12.8. The van der Waals surface area contributed by atoms with Crippen LogP contribution in [0.2, 0.25) is 0 Å². The minimum absolute atomic E-state index is 0.0229. The molecule has 3 heterocycles. The van der Waals surface area contributed by atoms with Crippen molar-refractivity contribution in [2.45, 2.75) is 6.42 Å². The summed E-state index contributed by atoms with van der Waals surface area (Å²) in [4.78, 5) is 43.6. The van der Waals surface area contributed by atoms with Gasteiger partial charge >= 0.3 is 5.63 Å². The molecule has 4 rings (SSSR count). The maximum Gasteiger partial charge on any atom is 0.349 e. The van der Waals surface area contributed by atoms with Gasteiger partial charge in [-0.1, -0.05) is 18.2 Å². The number of nitrogens with zero attached hydrogens (tertiary/aromatic N) is 2. The number of amides is 2. The van der Waals surface area contributed by atoms with E-state index in [1.807, 2.05) is 18.2 Å². The van der Waals surface area contributed by atoms with Crippen LogP contribution in [0.5, 0.6) is 0 Å². The highest BCUT2D eigenvalue weighted by Crippen LogP contribution is 2.15. The van der Waals surface area contributed by atoms with Crippen molar-refractivity contribution in [3.05, 3.63) is 70.3 Å². The largest absolute Gasteiger partial charge is 0.422 e. The molecular formula is C20H19N3O4. The Morgan fingerprint density at radius 3 is 2.48 bits per heavy atom. The van der Waals surface area contributed by atoms with Gasteiger partial charge in [0.15, 0.2) is 0 Å². The van der Waals surface area contributed by atoms with E-state index in [-0.39, 0.29) is 17.4 Å². The maximum atomic E-state index is 12.8. The number of piperazine rings is 1. The van der Waals surface area contributed by atoms with Crippen LogP contribution < -0.4 is 5.63 Å². The topological polar surface area (TPSA) is 86.6 Å². The zero-order valence-electron chi connectivity index (χ0n) is 14.7. The first-order valence-corrected chi connectivity index (χ1v) is 8.84. The molecule has 0 radical (unpaired) electrons. The second-order valence-electron chi connectivity index (χ2n) is 6.53. The Hall–Kier alpha value is -3.35. The molecule has 7 nitrogen and oxygen atoms in total. The van der Waals surface area contributed by atoms with Crippen molar-refractivity contribution in [1.82, 2.24) is 14.8 Å². The SMILES string of the molecule is O=C(Cc1ccc[nH]1)N1CCN(C(=O)c2cc3ccccc3oc2=O)CC1. The van der Waals surface area contributed by atoms with Crippen molar-refractivity contribution in [2.75, 3.05) is 26.2 Å². The van der Waals surface area contributed by atoms with Crippen molar-refractivity contribution in [3.8, 4) is 0 Å². The average molecular weight is 365 g/mol. The first-order valence-electron chi connectivity index (χ1n) is 8.84. The number of hydrogen-bond donors (Lipinski definition) is 1. The number of rotatable bonds is 3. The van der Waals surface area contributed by atoms with E-state index in [1.54, 1.807) is 40.3 Å². The number of para-hydroxylation sites is 1. The molecule has 0 aliphatic carbocycles. The summed E-state index contributed by atoms with van der Waals surface area (Å²) in [7, 11) is 0. The average Bonchev–Trinajstić information content (AvgIpc) is 3.20. The summed E-state index contributed by atoms with van der Waals surface area (Å²) in [5, 5.41) is 0.709. The summed E-state index contributed by atoms with van der Waals surface area (Å²) in [5.74, 6) is -0.333. The first kappa shape index (κ1) is 17.1. The fourth-order valence-corrected chi connectivity index (χ4v) is 3.29. The molecule has 3 aromatic rings. The highest BCUT2D eigenvalue weighted by molar-refractivity contribution is 5.96. The molecule has 138 valence electrons. The number of fused-ring (bicyclic) bond motifs is 1. The smallest absolute Gasteiger partial charge is 0.349 e. The standard InChI is InChI=1S/C20H19N3O4/c24-18(13-15-5-3-7-21-15)22-8-10-23(11-9-22)19(25)16-12-14-4-1-2-6-17(14)27-20(16)26/h1-7,12,21H,8-11,13H2. The van der Waals surface area contributed by atoms with E-state index in [1.165, 1.54) is 0 Å². The monoisotopic (exact) mass is 365 g/mol. The van der Waals surface area contributed by atoms with E-state index in [9.17, 15) is 14.4 Å². The summed E-state index contributed by atoms with van der Waals surface area (Å²) in [6.07, 6.45) is 2.10. The van der Waals surface area contributed by atoms with Crippen LogP contribution in [0.25, 0.3) is 11.0 Å². The van der Waals surface area contributed by atoms with Crippen molar-refractivity contribution in [3.63, 3.8) is 0 Å². The van der Waals surface area contributed by atoms with Gasteiger partial charge < -0.3 is 19.2 Å².